The molecule has 0 aliphatic carbocycles. The molecular weight excluding hydrogens is 308 g/mol. The Bertz CT molecular complexity index is 349. The molecule has 0 radical (unpaired) electrons. The zero-order valence-corrected chi connectivity index (χ0v) is 15.6. The Kier molecular flexibility index (Phi) is 14.4. The van der Waals surface area contributed by atoms with Crippen molar-refractivity contribution in [1.29, 1.82) is 0 Å². The molecule has 0 saturated heterocycles. The van der Waals surface area contributed by atoms with Gasteiger partial charge in [-0.2, -0.15) is 0 Å². The average molecular weight is 345 g/mol. The lowest BCUT2D eigenvalue weighted by Gasteiger charge is -2.16. The van der Waals surface area contributed by atoms with Crippen LogP contribution in [0.5, 0.6) is 0 Å². The van der Waals surface area contributed by atoms with Gasteiger partial charge in [-0.1, -0.05) is 27.2 Å². The number of hydrazine groups is 1. The maximum atomic E-state index is 11.4. The largest absolute Gasteiger partial charge is 0.401 e. The molecule has 0 aromatic rings. The molecule has 142 valence electrons. The van der Waals surface area contributed by atoms with Gasteiger partial charge in [0.1, 0.15) is 0 Å². The van der Waals surface area contributed by atoms with Crippen molar-refractivity contribution in [2.75, 3.05) is 39.5 Å². The van der Waals surface area contributed by atoms with E-state index < -0.39 is 0 Å². The van der Waals surface area contributed by atoms with Crippen LogP contribution in [0.1, 0.15) is 46.5 Å². The van der Waals surface area contributed by atoms with Gasteiger partial charge < -0.3 is 25.5 Å². The third-order valence-corrected chi connectivity index (χ3v) is 3.17. The smallest absolute Gasteiger partial charge is 0.220 e. The number of amides is 1. The zero-order valence-electron chi connectivity index (χ0n) is 15.6. The number of carbonyl (C=O) groups excluding carboxylic acids is 1. The van der Waals surface area contributed by atoms with E-state index in [1.165, 1.54) is 0 Å². The summed E-state index contributed by atoms with van der Waals surface area (Å²) >= 11 is 0. The van der Waals surface area contributed by atoms with Crippen LogP contribution in [0.25, 0.3) is 0 Å². The van der Waals surface area contributed by atoms with Crippen LogP contribution in [0.2, 0.25) is 0 Å². The SMILES string of the molecule is CCCCC(=O)NCCOCCOCCN(N)/C=C(\N)CC(C)C. The van der Waals surface area contributed by atoms with Crippen LogP contribution >= 0.6 is 0 Å². The molecule has 0 atom stereocenters. The molecule has 0 bridgehead atoms. The molecule has 0 aromatic heterocycles. The predicted molar refractivity (Wildman–Crippen MR) is 96.8 cm³/mol. The van der Waals surface area contributed by atoms with E-state index in [1.54, 1.807) is 11.2 Å². The zero-order chi connectivity index (χ0) is 18.2. The molecule has 7 heteroatoms. The minimum absolute atomic E-state index is 0.0875. The summed E-state index contributed by atoms with van der Waals surface area (Å²) in [5.41, 5.74) is 6.65. The quantitative estimate of drug-likeness (QED) is 0.235. The van der Waals surface area contributed by atoms with E-state index in [9.17, 15) is 4.79 Å². The van der Waals surface area contributed by atoms with Gasteiger partial charge in [0.2, 0.25) is 5.91 Å². The van der Waals surface area contributed by atoms with Crippen molar-refractivity contribution < 1.29 is 14.3 Å². The Balaban J connectivity index is 3.43. The molecule has 24 heavy (non-hydrogen) atoms. The topological polar surface area (TPSA) is 103 Å². The van der Waals surface area contributed by atoms with Crippen molar-refractivity contribution in [3.05, 3.63) is 11.9 Å². The Morgan fingerprint density at radius 1 is 1.21 bits per heavy atom. The van der Waals surface area contributed by atoms with Gasteiger partial charge in [0, 0.05) is 24.9 Å². The number of carbonyl (C=O) groups is 1. The summed E-state index contributed by atoms with van der Waals surface area (Å²) < 4.78 is 10.8. The van der Waals surface area contributed by atoms with E-state index in [0.29, 0.717) is 51.9 Å². The number of nitrogens with zero attached hydrogens (tertiary/aromatic N) is 1. The first-order chi connectivity index (χ1) is 11.5. The lowest BCUT2D eigenvalue weighted by molar-refractivity contribution is -0.121. The first-order valence-electron chi connectivity index (χ1n) is 8.85. The maximum absolute atomic E-state index is 11.4. The van der Waals surface area contributed by atoms with Crippen LogP contribution in [0.15, 0.2) is 11.9 Å². The minimum Gasteiger partial charge on any atom is -0.401 e. The van der Waals surface area contributed by atoms with Gasteiger partial charge in [0.05, 0.1) is 33.0 Å². The van der Waals surface area contributed by atoms with Gasteiger partial charge in [-0.05, 0) is 18.8 Å². The van der Waals surface area contributed by atoms with Gasteiger partial charge in [0.25, 0.3) is 0 Å². The fraction of sp³-hybridized carbons (Fsp3) is 0.824. The van der Waals surface area contributed by atoms with Gasteiger partial charge in [-0.25, -0.2) is 5.84 Å². The predicted octanol–water partition coefficient (Wildman–Crippen LogP) is 1.35. The number of unbranched alkanes of at least 4 members (excludes halogenated alkanes) is 1. The second kappa shape index (κ2) is 15.2. The second-order valence-electron chi connectivity index (χ2n) is 6.22. The molecule has 0 rings (SSSR count). The maximum Gasteiger partial charge on any atom is 0.220 e. The number of ether oxygens (including phenoxy) is 2. The lowest BCUT2D eigenvalue weighted by atomic mass is 10.1. The van der Waals surface area contributed by atoms with E-state index in [-0.39, 0.29) is 5.91 Å². The average Bonchev–Trinajstić information content (AvgIpc) is 2.50. The monoisotopic (exact) mass is 344 g/mol. The summed E-state index contributed by atoms with van der Waals surface area (Å²) in [6, 6.07) is 0. The minimum atomic E-state index is 0.0875. The molecule has 0 fully saturated rings. The number of allylic oxidation sites excluding steroid dienone is 1. The first-order valence-corrected chi connectivity index (χ1v) is 8.85. The second-order valence-corrected chi connectivity index (χ2v) is 6.22. The summed E-state index contributed by atoms with van der Waals surface area (Å²) in [6.07, 6.45) is 5.13. The Hall–Kier alpha value is -1.31. The molecular formula is C17H36N4O3. The molecule has 1 amide bonds. The summed E-state index contributed by atoms with van der Waals surface area (Å²) in [5.74, 6) is 6.42. The summed E-state index contributed by atoms with van der Waals surface area (Å²) in [5, 5.41) is 4.37. The molecule has 7 nitrogen and oxygen atoms in total. The molecule has 0 spiro atoms. The Morgan fingerprint density at radius 2 is 1.88 bits per heavy atom. The molecule has 0 aromatic carbocycles. The number of nitrogens with two attached hydrogens (primary N) is 2. The van der Waals surface area contributed by atoms with Crippen LogP contribution in [0.3, 0.4) is 0 Å². The highest BCUT2D eigenvalue weighted by Gasteiger charge is 2.00. The highest BCUT2D eigenvalue weighted by atomic mass is 16.5. The first kappa shape index (κ1) is 22.7. The van der Waals surface area contributed by atoms with Crippen LogP contribution in [0, 0.1) is 5.92 Å². The molecule has 5 N–H and O–H groups in total. The Labute approximate surface area is 146 Å². The highest BCUT2D eigenvalue weighted by molar-refractivity contribution is 5.75. The third kappa shape index (κ3) is 15.6. The molecule has 0 saturated carbocycles. The molecule has 0 heterocycles. The van der Waals surface area contributed by atoms with Gasteiger partial charge in [-0.3, -0.25) is 4.79 Å². The molecule has 0 unspecified atom stereocenters. The van der Waals surface area contributed by atoms with E-state index in [4.69, 9.17) is 21.1 Å². The van der Waals surface area contributed by atoms with Crippen molar-refractivity contribution in [1.82, 2.24) is 10.3 Å². The summed E-state index contributed by atoms with van der Waals surface area (Å²) in [6.45, 7) is 9.42. The lowest BCUT2D eigenvalue weighted by Crippen LogP contribution is -2.30. The van der Waals surface area contributed by atoms with Crippen LogP contribution < -0.4 is 16.9 Å². The third-order valence-electron chi connectivity index (χ3n) is 3.17. The van der Waals surface area contributed by atoms with Crippen molar-refractivity contribution in [3.8, 4) is 0 Å². The standard InChI is InChI=1S/C17H36N4O3/c1-4-5-6-17(22)20-7-9-23-11-12-24-10-8-21(19)14-16(18)13-15(2)3/h14-15H,4-13,18-19H2,1-3H3,(H,20,22)/b16-14-. The fourth-order valence-corrected chi connectivity index (χ4v) is 1.98. The van der Waals surface area contributed by atoms with Crippen molar-refractivity contribution in [3.63, 3.8) is 0 Å². The van der Waals surface area contributed by atoms with E-state index in [0.717, 1.165) is 25.0 Å². The van der Waals surface area contributed by atoms with E-state index >= 15 is 0 Å². The van der Waals surface area contributed by atoms with Gasteiger partial charge in [-0.15, -0.1) is 0 Å². The number of hydrogen-bond donors (Lipinski definition) is 3. The highest BCUT2D eigenvalue weighted by Crippen LogP contribution is 2.05. The van der Waals surface area contributed by atoms with Gasteiger partial charge in [0.15, 0.2) is 0 Å². The van der Waals surface area contributed by atoms with Crippen LogP contribution in [0.4, 0.5) is 0 Å². The summed E-state index contributed by atoms with van der Waals surface area (Å²) in [7, 11) is 0. The molecule has 0 aliphatic rings. The number of rotatable bonds is 15. The molecule has 0 aliphatic heterocycles. The van der Waals surface area contributed by atoms with Crippen molar-refractivity contribution in [2.45, 2.75) is 46.5 Å². The van der Waals surface area contributed by atoms with Crippen LogP contribution in [-0.2, 0) is 14.3 Å². The van der Waals surface area contributed by atoms with Crippen LogP contribution in [-0.4, -0.2) is 50.4 Å². The van der Waals surface area contributed by atoms with Crippen molar-refractivity contribution in [2.24, 2.45) is 17.5 Å². The van der Waals surface area contributed by atoms with Gasteiger partial charge >= 0.3 is 0 Å². The summed E-state index contributed by atoms with van der Waals surface area (Å²) in [4.78, 5) is 11.4. The van der Waals surface area contributed by atoms with Crippen molar-refractivity contribution >= 4 is 5.91 Å². The Morgan fingerprint density at radius 3 is 2.50 bits per heavy atom. The number of hydrogen-bond acceptors (Lipinski definition) is 6. The van der Waals surface area contributed by atoms with E-state index in [2.05, 4.69) is 26.1 Å². The number of nitrogens with one attached hydrogen (secondary N) is 1. The van der Waals surface area contributed by atoms with E-state index in [1.807, 2.05) is 0 Å². The fourth-order valence-electron chi connectivity index (χ4n) is 1.98. The normalized spacial score (nSPS) is 11.8.